The van der Waals surface area contributed by atoms with Crippen molar-refractivity contribution in [2.75, 3.05) is 4.90 Å². The first-order valence-corrected chi connectivity index (χ1v) is 13.7. The Morgan fingerprint density at radius 1 is 0.605 bits per heavy atom. The van der Waals surface area contributed by atoms with Gasteiger partial charge < -0.3 is 9.47 Å². The van der Waals surface area contributed by atoms with Crippen LogP contribution in [0.2, 0.25) is 0 Å². The van der Waals surface area contributed by atoms with E-state index in [4.69, 9.17) is 0 Å². The fourth-order valence-corrected chi connectivity index (χ4v) is 5.84. The van der Waals surface area contributed by atoms with Gasteiger partial charge in [-0.2, -0.15) is 0 Å². The number of fused-ring (bicyclic) bond motifs is 3. The summed E-state index contributed by atoms with van der Waals surface area (Å²) in [6, 6.07) is 40.1. The molecule has 6 aromatic rings. The average molecular weight is 495 g/mol. The largest absolute Gasteiger partial charge is 0.310 e. The molecule has 2 heteroatoms. The maximum atomic E-state index is 2.49. The molecule has 2 nitrogen and oxygen atoms in total. The van der Waals surface area contributed by atoms with Crippen molar-refractivity contribution in [3.63, 3.8) is 0 Å². The molecule has 0 amide bonds. The topological polar surface area (TPSA) is 8.17 Å². The zero-order valence-corrected chi connectivity index (χ0v) is 22.7. The molecule has 1 heterocycles. The Morgan fingerprint density at radius 3 is 2.13 bits per heavy atom. The summed E-state index contributed by atoms with van der Waals surface area (Å²) >= 11 is 0. The molecule has 1 aromatic heterocycles. The van der Waals surface area contributed by atoms with Crippen LogP contribution in [0.1, 0.15) is 36.1 Å². The van der Waals surface area contributed by atoms with E-state index in [1.807, 2.05) is 0 Å². The lowest BCUT2D eigenvalue weighted by molar-refractivity contribution is 1.09. The standard InChI is InChI=1S/C36H34N2/c1-5-27-24-30(21-20-26(27)4)38(32-22-19-25(3)23-28(32)6-2)35-18-12-17-34-36(35)31-15-10-11-16-33(31)37(34)29-13-8-7-9-14-29/h7-24H,5-6H2,1-4H3. The smallest absolute Gasteiger partial charge is 0.0562 e. The van der Waals surface area contributed by atoms with Crippen molar-refractivity contribution in [1.29, 1.82) is 0 Å². The summed E-state index contributed by atoms with van der Waals surface area (Å²) in [6.07, 6.45) is 1.99. The van der Waals surface area contributed by atoms with Gasteiger partial charge in [-0.1, -0.05) is 80.1 Å². The molecule has 0 fully saturated rings. The Morgan fingerprint density at radius 2 is 1.34 bits per heavy atom. The van der Waals surface area contributed by atoms with Crippen molar-refractivity contribution in [3.8, 4) is 5.69 Å². The van der Waals surface area contributed by atoms with Crippen molar-refractivity contribution in [2.45, 2.75) is 40.5 Å². The van der Waals surface area contributed by atoms with E-state index in [1.54, 1.807) is 0 Å². The van der Waals surface area contributed by atoms with Gasteiger partial charge in [-0.3, -0.25) is 0 Å². The molecule has 5 aromatic carbocycles. The van der Waals surface area contributed by atoms with E-state index in [2.05, 4.69) is 146 Å². The van der Waals surface area contributed by atoms with Crippen LogP contribution in [0.5, 0.6) is 0 Å². The molecule has 0 spiro atoms. The monoisotopic (exact) mass is 494 g/mol. The Labute approximate surface area is 225 Å². The van der Waals surface area contributed by atoms with Crippen LogP contribution in [0.15, 0.2) is 109 Å². The summed E-state index contributed by atoms with van der Waals surface area (Å²) in [5, 5.41) is 2.54. The van der Waals surface area contributed by atoms with Crippen molar-refractivity contribution in [2.24, 2.45) is 0 Å². The molecule has 0 bridgehead atoms. The first kappa shape index (κ1) is 24.1. The minimum Gasteiger partial charge on any atom is -0.310 e. The number of hydrogen-bond donors (Lipinski definition) is 0. The highest BCUT2D eigenvalue weighted by Gasteiger charge is 2.22. The lowest BCUT2D eigenvalue weighted by Gasteiger charge is -2.29. The molecule has 0 aliphatic rings. The Kier molecular flexibility index (Phi) is 6.25. The third kappa shape index (κ3) is 3.97. The highest BCUT2D eigenvalue weighted by atomic mass is 15.1. The van der Waals surface area contributed by atoms with E-state index in [9.17, 15) is 0 Å². The Hall–Kier alpha value is -4.30. The van der Waals surface area contributed by atoms with Gasteiger partial charge in [0.25, 0.3) is 0 Å². The van der Waals surface area contributed by atoms with Crippen LogP contribution in [-0.4, -0.2) is 4.57 Å². The van der Waals surface area contributed by atoms with Gasteiger partial charge in [0.05, 0.1) is 16.7 Å². The zero-order valence-electron chi connectivity index (χ0n) is 22.7. The maximum absolute atomic E-state index is 2.49. The van der Waals surface area contributed by atoms with Crippen LogP contribution < -0.4 is 4.90 Å². The number of aryl methyl sites for hydroxylation is 4. The Balaban J connectivity index is 1.73. The lowest BCUT2D eigenvalue weighted by atomic mass is 10.0. The molecule has 0 unspecified atom stereocenters. The van der Waals surface area contributed by atoms with Gasteiger partial charge in [-0.15, -0.1) is 0 Å². The quantitative estimate of drug-likeness (QED) is 0.224. The van der Waals surface area contributed by atoms with Crippen LogP contribution in [0, 0.1) is 13.8 Å². The number of benzene rings is 5. The third-order valence-electron chi connectivity index (χ3n) is 7.76. The Bertz CT molecular complexity index is 1760. The van der Waals surface area contributed by atoms with Crippen LogP contribution in [0.25, 0.3) is 27.5 Å². The van der Waals surface area contributed by atoms with Crippen LogP contribution >= 0.6 is 0 Å². The summed E-state index contributed by atoms with van der Waals surface area (Å²) in [6.45, 7) is 8.89. The number of nitrogens with zero attached hydrogens (tertiary/aromatic N) is 2. The maximum Gasteiger partial charge on any atom is 0.0562 e. The minimum atomic E-state index is 0.974. The number of anilines is 3. The molecule has 188 valence electrons. The minimum absolute atomic E-state index is 0.974. The molecule has 0 N–H and O–H groups in total. The van der Waals surface area contributed by atoms with Crippen molar-refractivity contribution >= 4 is 38.9 Å². The van der Waals surface area contributed by atoms with E-state index < -0.39 is 0 Å². The highest BCUT2D eigenvalue weighted by molar-refractivity contribution is 6.16. The second-order valence-electron chi connectivity index (χ2n) is 10.1. The van der Waals surface area contributed by atoms with Gasteiger partial charge >= 0.3 is 0 Å². The van der Waals surface area contributed by atoms with Crippen molar-refractivity contribution in [1.82, 2.24) is 4.57 Å². The molecule has 6 rings (SSSR count). The van der Waals surface area contributed by atoms with Crippen LogP contribution in [0.3, 0.4) is 0 Å². The van der Waals surface area contributed by atoms with E-state index in [1.165, 1.54) is 66.8 Å². The number of hydrogen-bond acceptors (Lipinski definition) is 1. The van der Waals surface area contributed by atoms with E-state index in [-0.39, 0.29) is 0 Å². The summed E-state index contributed by atoms with van der Waals surface area (Å²) in [7, 11) is 0. The SMILES string of the molecule is CCc1cc(N(c2ccc(C)cc2CC)c2cccc3c2c2ccccc2n3-c2ccccc2)ccc1C. The van der Waals surface area contributed by atoms with Gasteiger partial charge in [-0.25, -0.2) is 0 Å². The van der Waals surface area contributed by atoms with Gasteiger partial charge in [0, 0.05) is 27.8 Å². The summed E-state index contributed by atoms with van der Waals surface area (Å²) < 4.78 is 2.40. The number of para-hydroxylation sites is 2. The summed E-state index contributed by atoms with van der Waals surface area (Å²) in [5.41, 5.74) is 12.6. The first-order chi connectivity index (χ1) is 18.6. The number of rotatable bonds is 6. The van der Waals surface area contributed by atoms with Gasteiger partial charge in [0.15, 0.2) is 0 Å². The summed E-state index contributed by atoms with van der Waals surface area (Å²) in [4.78, 5) is 2.49. The second kappa shape index (κ2) is 9.87. The molecular formula is C36H34N2. The molecular weight excluding hydrogens is 460 g/mol. The fourth-order valence-electron chi connectivity index (χ4n) is 5.84. The van der Waals surface area contributed by atoms with Gasteiger partial charge in [-0.05, 0) is 91.9 Å². The van der Waals surface area contributed by atoms with Crippen LogP contribution in [-0.2, 0) is 12.8 Å². The second-order valence-corrected chi connectivity index (χ2v) is 10.1. The molecule has 0 saturated carbocycles. The fraction of sp³-hybridized carbons (Fsp3) is 0.167. The first-order valence-electron chi connectivity index (χ1n) is 13.7. The van der Waals surface area contributed by atoms with E-state index in [0.29, 0.717) is 0 Å². The van der Waals surface area contributed by atoms with Gasteiger partial charge in [0.1, 0.15) is 0 Å². The average Bonchev–Trinajstić information content (AvgIpc) is 3.30. The highest BCUT2D eigenvalue weighted by Crippen LogP contribution is 2.45. The molecule has 0 aliphatic carbocycles. The number of aromatic nitrogens is 1. The predicted octanol–water partition coefficient (Wildman–Crippen LogP) is 10.00. The normalized spacial score (nSPS) is 11.4. The van der Waals surface area contributed by atoms with E-state index >= 15 is 0 Å². The van der Waals surface area contributed by atoms with Crippen molar-refractivity contribution in [3.05, 3.63) is 131 Å². The molecule has 0 saturated heterocycles. The third-order valence-corrected chi connectivity index (χ3v) is 7.76. The molecule has 0 radical (unpaired) electrons. The zero-order chi connectivity index (χ0) is 26.2. The van der Waals surface area contributed by atoms with Gasteiger partial charge in [0.2, 0.25) is 0 Å². The van der Waals surface area contributed by atoms with Crippen molar-refractivity contribution < 1.29 is 0 Å². The molecule has 0 atom stereocenters. The molecule has 38 heavy (non-hydrogen) atoms. The summed E-state index contributed by atoms with van der Waals surface area (Å²) in [5.74, 6) is 0. The molecule has 0 aliphatic heterocycles. The lowest BCUT2D eigenvalue weighted by Crippen LogP contribution is -2.13. The van der Waals surface area contributed by atoms with Crippen LogP contribution in [0.4, 0.5) is 17.1 Å². The predicted molar refractivity (Wildman–Crippen MR) is 164 cm³/mol. The van der Waals surface area contributed by atoms with E-state index in [0.717, 1.165) is 12.8 Å².